The fourth-order valence-corrected chi connectivity index (χ4v) is 2.86. The highest BCUT2D eigenvalue weighted by Crippen LogP contribution is 2.19. The van der Waals surface area contributed by atoms with Crippen LogP contribution in [0.5, 0.6) is 0 Å². The summed E-state index contributed by atoms with van der Waals surface area (Å²) < 4.78 is 39.9. The molecule has 0 spiro atoms. The van der Waals surface area contributed by atoms with Gasteiger partial charge in [-0.25, -0.2) is 17.5 Å². The molecule has 0 fully saturated rings. The van der Waals surface area contributed by atoms with Gasteiger partial charge in [0.05, 0.1) is 0 Å². The van der Waals surface area contributed by atoms with E-state index < -0.39 is 26.3 Å². The maximum atomic E-state index is 13.6. The van der Waals surface area contributed by atoms with Crippen LogP contribution in [0, 0.1) is 5.82 Å². The lowest BCUT2D eigenvalue weighted by Gasteiger charge is -2.26. The van der Waals surface area contributed by atoms with Gasteiger partial charge in [0.15, 0.2) is 0 Å². The van der Waals surface area contributed by atoms with Crippen LogP contribution in [0.1, 0.15) is 26.7 Å². The number of halogens is 3. The molecule has 1 aromatic rings. The number of hydrogen-bond acceptors (Lipinski definition) is 3. The van der Waals surface area contributed by atoms with E-state index in [1.807, 2.05) is 13.8 Å². The van der Waals surface area contributed by atoms with Crippen molar-refractivity contribution in [2.75, 3.05) is 6.54 Å². The summed E-state index contributed by atoms with van der Waals surface area (Å²) in [6.45, 7) is 3.81. The molecule has 0 aliphatic rings. The Morgan fingerprint density at radius 1 is 1.35 bits per heavy atom. The van der Waals surface area contributed by atoms with Gasteiger partial charge in [-0.1, -0.05) is 25.4 Å². The third-order valence-electron chi connectivity index (χ3n) is 3.21. The van der Waals surface area contributed by atoms with Crippen LogP contribution in [0.2, 0.25) is 5.02 Å². The van der Waals surface area contributed by atoms with Gasteiger partial charge < -0.3 is 5.73 Å². The molecule has 3 N–H and O–H groups in total. The van der Waals surface area contributed by atoms with Crippen molar-refractivity contribution in [3.8, 4) is 0 Å². The van der Waals surface area contributed by atoms with Gasteiger partial charge in [-0.05, 0) is 31.0 Å². The van der Waals surface area contributed by atoms with E-state index in [0.29, 0.717) is 12.8 Å². The van der Waals surface area contributed by atoms with Gasteiger partial charge in [0, 0.05) is 17.1 Å². The lowest BCUT2D eigenvalue weighted by Crippen LogP contribution is -2.49. The SMILES string of the molecule is CCC(N)(CC)CNS(=O)(=O)c1ccc(Cl)cc1F.Cl. The van der Waals surface area contributed by atoms with Crippen molar-refractivity contribution in [1.29, 1.82) is 0 Å². The van der Waals surface area contributed by atoms with E-state index in [4.69, 9.17) is 17.3 Å². The number of rotatable bonds is 6. The van der Waals surface area contributed by atoms with Crippen molar-refractivity contribution >= 4 is 34.0 Å². The number of nitrogens with one attached hydrogen (secondary N) is 1. The Labute approximate surface area is 130 Å². The predicted molar refractivity (Wildman–Crippen MR) is 81.3 cm³/mol. The molecule has 1 aromatic carbocycles. The lowest BCUT2D eigenvalue weighted by molar-refractivity contribution is 0.391. The number of hydrogen-bond donors (Lipinski definition) is 2. The smallest absolute Gasteiger partial charge is 0.243 e. The van der Waals surface area contributed by atoms with Gasteiger partial charge in [0.2, 0.25) is 10.0 Å². The Bertz CT molecular complexity index is 548. The first-order valence-corrected chi connectivity index (χ1v) is 7.84. The molecule has 4 nitrogen and oxygen atoms in total. The van der Waals surface area contributed by atoms with Crippen molar-refractivity contribution in [2.45, 2.75) is 37.1 Å². The first-order chi connectivity index (χ1) is 8.74. The van der Waals surface area contributed by atoms with Crippen molar-refractivity contribution in [2.24, 2.45) is 5.73 Å². The summed E-state index contributed by atoms with van der Waals surface area (Å²) in [5, 5.41) is 0.145. The molecule has 0 radical (unpaired) electrons. The van der Waals surface area contributed by atoms with E-state index in [2.05, 4.69) is 4.72 Å². The van der Waals surface area contributed by atoms with E-state index in [-0.39, 0.29) is 24.0 Å². The van der Waals surface area contributed by atoms with E-state index in [0.717, 1.165) is 12.1 Å². The Balaban J connectivity index is 0.00000361. The van der Waals surface area contributed by atoms with Crippen LogP contribution in [-0.2, 0) is 10.0 Å². The molecule has 0 aliphatic heterocycles. The van der Waals surface area contributed by atoms with E-state index in [1.54, 1.807) is 0 Å². The third kappa shape index (κ3) is 4.86. The average Bonchev–Trinajstić information content (AvgIpc) is 2.35. The summed E-state index contributed by atoms with van der Waals surface area (Å²) in [4.78, 5) is -0.425. The topological polar surface area (TPSA) is 72.2 Å². The van der Waals surface area contributed by atoms with Crippen molar-refractivity contribution < 1.29 is 12.8 Å². The van der Waals surface area contributed by atoms with Crippen LogP contribution in [0.15, 0.2) is 23.1 Å². The normalized spacial score (nSPS) is 12.1. The van der Waals surface area contributed by atoms with Gasteiger partial charge in [-0.15, -0.1) is 12.4 Å². The van der Waals surface area contributed by atoms with Gasteiger partial charge in [0.1, 0.15) is 10.7 Å². The quantitative estimate of drug-likeness (QED) is 0.833. The van der Waals surface area contributed by atoms with Gasteiger partial charge in [-0.3, -0.25) is 0 Å². The highest BCUT2D eigenvalue weighted by molar-refractivity contribution is 7.89. The van der Waals surface area contributed by atoms with Crippen molar-refractivity contribution in [3.63, 3.8) is 0 Å². The van der Waals surface area contributed by atoms with E-state index in [9.17, 15) is 12.8 Å². The maximum Gasteiger partial charge on any atom is 0.243 e. The fraction of sp³-hybridized carbons (Fsp3) is 0.500. The summed E-state index contributed by atoms with van der Waals surface area (Å²) in [7, 11) is -3.92. The largest absolute Gasteiger partial charge is 0.324 e. The predicted octanol–water partition coefficient (Wildman–Crippen LogP) is 2.70. The monoisotopic (exact) mass is 344 g/mol. The summed E-state index contributed by atoms with van der Waals surface area (Å²) in [5.74, 6) is -0.879. The molecule has 0 saturated carbocycles. The third-order valence-corrected chi connectivity index (χ3v) is 4.88. The maximum absolute atomic E-state index is 13.6. The zero-order valence-corrected chi connectivity index (χ0v) is 13.7. The summed E-state index contributed by atoms with van der Waals surface area (Å²) in [5.41, 5.74) is 5.37. The number of nitrogens with two attached hydrogens (primary N) is 1. The zero-order chi connectivity index (χ0) is 14.7. The molecular weight excluding hydrogens is 326 g/mol. The number of benzene rings is 1. The molecule has 0 unspecified atom stereocenters. The van der Waals surface area contributed by atoms with Crippen molar-refractivity contribution in [1.82, 2.24) is 4.72 Å². The van der Waals surface area contributed by atoms with E-state index in [1.165, 1.54) is 6.07 Å². The van der Waals surface area contributed by atoms with E-state index >= 15 is 0 Å². The molecule has 0 heterocycles. The standard InChI is InChI=1S/C12H18ClFN2O2S.ClH/c1-3-12(15,4-2)8-16-19(17,18)11-6-5-9(13)7-10(11)14;/h5-7,16H,3-4,8,15H2,1-2H3;1H. The van der Waals surface area contributed by atoms with Crippen LogP contribution in [-0.4, -0.2) is 20.5 Å². The summed E-state index contributed by atoms with van der Waals surface area (Å²) >= 11 is 5.59. The molecule has 1 rings (SSSR count). The second-order valence-electron chi connectivity index (χ2n) is 4.47. The Morgan fingerprint density at radius 2 is 1.90 bits per heavy atom. The second-order valence-corrected chi connectivity index (χ2v) is 6.64. The average molecular weight is 345 g/mol. The molecular formula is C12H19Cl2FN2O2S. The fourth-order valence-electron chi connectivity index (χ4n) is 1.51. The van der Waals surface area contributed by atoms with Crippen LogP contribution in [0.25, 0.3) is 0 Å². The van der Waals surface area contributed by atoms with Crippen molar-refractivity contribution in [3.05, 3.63) is 29.0 Å². The first-order valence-electron chi connectivity index (χ1n) is 5.97. The lowest BCUT2D eigenvalue weighted by atomic mass is 9.95. The zero-order valence-electron chi connectivity index (χ0n) is 11.3. The molecule has 0 bridgehead atoms. The summed E-state index contributed by atoms with van der Waals surface area (Å²) in [6, 6.07) is 3.43. The van der Waals surface area contributed by atoms with Gasteiger partial charge in [-0.2, -0.15) is 0 Å². The van der Waals surface area contributed by atoms with Crippen LogP contribution in [0.3, 0.4) is 0 Å². The molecule has 116 valence electrons. The summed E-state index contributed by atoms with van der Waals surface area (Å²) in [6.07, 6.45) is 1.24. The highest BCUT2D eigenvalue weighted by Gasteiger charge is 2.25. The number of sulfonamides is 1. The molecule has 0 aromatic heterocycles. The van der Waals surface area contributed by atoms with Crippen LogP contribution >= 0.6 is 24.0 Å². The van der Waals surface area contributed by atoms with Crippen LogP contribution < -0.4 is 10.5 Å². The Hall–Kier alpha value is -0.400. The molecule has 0 atom stereocenters. The van der Waals surface area contributed by atoms with Gasteiger partial charge in [0.25, 0.3) is 0 Å². The minimum absolute atomic E-state index is 0. The minimum atomic E-state index is -3.92. The molecule has 0 aliphatic carbocycles. The Morgan fingerprint density at radius 3 is 2.35 bits per heavy atom. The highest BCUT2D eigenvalue weighted by atomic mass is 35.5. The molecule has 0 saturated heterocycles. The second kappa shape index (κ2) is 7.56. The molecule has 0 amide bonds. The van der Waals surface area contributed by atoms with Crippen LogP contribution in [0.4, 0.5) is 4.39 Å². The van der Waals surface area contributed by atoms with Gasteiger partial charge >= 0.3 is 0 Å². The molecule has 20 heavy (non-hydrogen) atoms. The minimum Gasteiger partial charge on any atom is -0.324 e. The molecule has 8 heteroatoms. The first kappa shape index (κ1) is 19.6. The Kier molecular flexibility index (Phi) is 7.41.